The summed E-state index contributed by atoms with van der Waals surface area (Å²) in [6.07, 6.45) is -3.10. The molecule has 0 aliphatic heterocycles. The molecule has 1 fully saturated rings. The predicted octanol–water partition coefficient (Wildman–Crippen LogP) is 1.95. The maximum Gasteiger partial charge on any atom is 0.391 e. The number of rotatable bonds is 5. The van der Waals surface area contributed by atoms with E-state index in [1.165, 1.54) is 0 Å². The second-order valence-electron chi connectivity index (χ2n) is 3.75. The van der Waals surface area contributed by atoms with Gasteiger partial charge in [-0.2, -0.15) is 13.2 Å². The van der Waals surface area contributed by atoms with Crippen LogP contribution in [0.4, 0.5) is 13.2 Å². The SMILES string of the molecule is CNCC1CC(OCCC(F)(F)F)C1. The van der Waals surface area contributed by atoms with E-state index in [0.717, 1.165) is 19.4 Å². The van der Waals surface area contributed by atoms with E-state index in [-0.39, 0.29) is 12.7 Å². The molecule has 1 rings (SSSR count). The number of ether oxygens (including phenoxy) is 1. The molecule has 0 aromatic rings. The van der Waals surface area contributed by atoms with Crippen molar-refractivity contribution in [3.8, 4) is 0 Å². The summed E-state index contributed by atoms with van der Waals surface area (Å²) in [5, 5.41) is 3.03. The van der Waals surface area contributed by atoms with Crippen LogP contribution in [0.3, 0.4) is 0 Å². The van der Waals surface area contributed by atoms with Crippen molar-refractivity contribution < 1.29 is 17.9 Å². The van der Waals surface area contributed by atoms with Crippen LogP contribution < -0.4 is 5.32 Å². The van der Waals surface area contributed by atoms with Crippen molar-refractivity contribution >= 4 is 0 Å². The van der Waals surface area contributed by atoms with Crippen LogP contribution in [0, 0.1) is 5.92 Å². The third-order valence-electron chi connectivity index (χ3n) is 2.42. The van der Waals surface area contributed by atoms with E-state index >= 15 is 0 Å². The highest BCUT2D eigenvalue weighted by Gasteiger charge is 2.31. The fraction of sp³-hybridized carbons (Fsp3) is 1.00. The van der Waals surface area contributed by atoms with Crippen LogP contribution in [-0.4, -0.2) is 32.5 Å². The largest absolute Gasteiger partial charge is 0.391 e. The predicted molar refractivity (Wildman–Crippen MR) is 47.1 cm³/mol. The van der Waals surface area contributed by atoms with Crippen molar-refractivity contribution in [2.75, 3.05) is 20.2 Å². The molecule has 0 radical (unpaired) electrons. The van der Waals surface area contributed by atoms with Crippen LogP contribution in [0.15, 0.2) is 0 Å². The third-order valence-corrected chi connectivity index (χ3v) is 2.42. The van der Waals surface area contributed by atoms with Crippen molar-refractivity contribution in [3.05, 3.63) is 0 Å². The van der Waals surface area contributed by atoms with Gasteiger partial charge in [-0.05, 0) is 32.4 Å². The molecule has 0 atom stereocenters. The van der Waals surface area contributed by atoms with Gasteiger partial charge in [0.15, 0.2) is 0 Å². The van der Waals surface area contributed by atoms with Gasteiger partial charge in [-0.25, -0.2) is 0 Å². The summed E-state index contributed by atoms with van der Waals surface area (Å²) in [6, 6.07) is 0. The molecule has 0 spiro atoms. The Morgan fingerprint density at radius 2 is 2.00 bits per heavy atom. The number of alkyl halides is 3. The summed E-state index contributed by atoms with van der Waals surface area (Å²) in [6.45, 7) is 0.736. The first-order valence-corrected chi connectivity index (χ1v) is 4.84. The Kier molecular flexibility index (Phi) is 4.19. The molecule has 0 aromatic heterocycles. The summed E-state index contributed by atoms with van der Waals surface area (Å²) >= 11 is 0. The standard InChI is InChI=1S/C9H16F3NO/c1-13-6-7-4-8(5-7)14-3-2-9(10,11)12/h7-8,13H,2-6H2,1H3. The van der Waals surface area contributed by atoms with Crippen molar-refractivity contribution in [1.82, 2.24) is 5.32 Å². The summed E-state index contributed by atoms with van der Waals surface area (Å²) in [4.78, 5) is 0. The minimum absolute atomic E-state index is 0.0516. The van der Waals surface area contributed by atoms with Gasteiger partial charge in [0.1, 0.15) is 0 Å². The number of hydrogen-bond acceptors (Lipinski definition) is 2. The summed E-state index contributed by atoms with van der Waals surface area (Å²) in [5.41, 5.74) is 0. The molecule has 14 heavy (non-hydrogen) atoms. The quantitative estimate of drug-likeness (QED) is 0.750. The van der Waals surface area contributed by atoms with Crippen LogP contribution in [0.5, 0.6) is 0 Å². The first kappa shape index (κ1) is 11.8. The molecule has 0 saturated heterocycles. The Hall–Kier alpha value is -0.290. The summed E-state index contributed by atoms with van der Waals surface area (Å²) in [5.74, 6) is 0.580. The van der Waals surface area contributed by atoms with Gasteiger partial charge in [0.2, 0.25) is 0 Å². The average Bonchev–Trinajstić information content (AvgIpc) is 1.97. The first-order valence-electron chi connectivity index (χ1n) is 4.84. The zero-order valence-corrected chi connectivity index (χ0v) is 8.23. The molecular weight excluding hydrogens is 195 g/mol. The molecule has 0 unspecified atom stereocenters. The van der Waals surface area contributed by atoms with E-state index in [1.54, 1.807) is 0 Å². The molecule has 84 valence electrons. The lowest BCUT2D eigenvalue weighted by Gasteiger charge is -2.35. The van der Waals surface area contributed by atoms with Crippen molar-refractivity contribution in [1.29, 1.82) is 0 Å². The van der Waals surface area contributed by atoms with Gasteiger partial charge in [0.05, 0.1) is 19.1 Å². The van der Waals surface area contributed by atoms with E-state index in [2.05, 4.69) is 5.32 Å². The minimum atomic E-state index is -4.09. The van der Waals surface area contributed by atoms with Gasteiger partial charge in [-0.15, -0.1) is 0 Å². The van der Waals surface area contributed by atoms with E-state index < -0.39 is 12.6 Å². The third kappa shape index (κ3) is 4.28. The Morgan fingerprint density at radius 3 is 2.50 bits per heavy atom. The van der Waals surface area contributed by atoms with E-state index in [1.807, 2.05) is 7.05 Å². The Bertz CT molecular complexity index is 166. The number of nitrogens with one attached hydrogen (secondary N) is 1. The van der Waals surface area contributed by atoms with Gasteiger partial charge < -0.3 is 10.1 Å². The molecule has 0 heterocycles. The fourth-order valence-electron chi connectivity index (χ4n) is 1.61. The van der Waals surface area contributed by atoms with E-state index in [0.29, 0.717) is 5.92 Å². The van der Waals surface area contributed by atoms with Crippen molar-refractivity contribution in [3.63, 3.8) is 0 Å². The van der Waals surface area contributed by atoms with Gasteiger partial charge in [0, 0.05) is 0 Å². The molecule has 0 aromatic carbocycles. The average molecular weight is 211 g/mol. The Morgan fingerprint density at radius 1 is 1.36 bits per heavy atom. The minimum Gasteiger partial charge on any atom is -0.378 e. The summed E-state index contributed by atoms with van der Waals surface area (Å²) in [7, 11) is 1.87. The maximum absolute atomic E-state index is 11.7. The topological polar surface area (TPSA) is 21.3 Å². The zero-order chi connectivity index (χ0) is 10.6. The van der Waals surface area contributed by atoms with Crippen LogP contribution >= 0.6 is 0 Å². The lowest BCUT2D eigenvalue weighted by Crippen LogP contribution is -2.37. The zero-order valence-electron chi connectivity index (χ0n) is 8.23. The highest BCUT2D eigenvalue weighted by Crippen LogP contribution is 2.30. The molecule has 0 amide bonds. The van der Waals surface area contributed by atoms with Gasteiger partial charge in [0.25, 0.3) is 0 Å². The lowest BCUT2D eigenvalue weighted by molar-refractivity contribution is -0.154. The van der Waals surface area contributed by atoms with Crippen LogP contribution in [0.1, 0.15) is 19.3 Å². The van der Waals surface area contributed by atoms with Gasteiger partial charge in [-0.3, -0.25) is 0 Å². The molecule has 0 bridgehead atoms. The van der Waals surface area contributed by atoms with Crippen LogP contribution in [0.2, 0.25) is 0 Å². The van der Waals surface area contributed by atoms with Crippen LogP contribution in [0.25, 0.3) is 0 Å². The number of halogens is 3. The highest BCUT2D eigenvalue weighted by atomic mass is 19.4. The second kappa shape index (κ2) is 4.98. The van der Waals surface area contributed by atoms with Gasteiger partial charge >= 0.3 is 6.18 Å². The van der Waals surface area contributed by atoms with E-state index in [9.17, 15) is 13.2 Å². The molecule has 1 aliphatic carbocycles. The highest BCUT2D eigenvalue weighted by molar-refractivity contribution is 4.81. The molecule has 1 aliphatic rings. The molecule has 1 saturated carbocycles. The maximum atomic E-state index is 11.7. The monoisotopic (exact) mass is 211 g/mol. The Balaban J connectivity index is 1.96. The molecule has 1 N–H and O–H groups in total. The first-order chi connectivity index (χ1) is 6.51. The van der Waals surface area contributed by atoms with Crippen molar-refractivity contribution in [2.45, 2.75) is 31.5 Å². The Labute approximate surface area is 81.8 Å². The smallest absolute Gasteiger partial charge is 0.378 e. The van der Waals surface area contributed by atoms with Crippen LogP contribution in [-0.2, 0) is 4.74 Å². The van der Waals surface area contributed by atoms with Crippen molar-refractivity contribution in [2.24, 2.45) is 5.92 Å². The fourth-order valence-corrected chi connectivity index (χ4v) is 1.61. The lowest BCUT2D eigenvalue weighted by atomic mass is 9.82. The molecule has 5 heteroatoms. The van der Waals surface area contributed by atoms with E-state index in [4.69, 9.17) is 4.74 Å². The molecular formula is C9H16F3NO. The normalized spacial score (nSPS) is 27.4. The molecule has 2 nitrogen and oxygen atoms in total. The number of hydrogen-bond donors (Lipinski definition) is 1. The summed E-state index contributed by atoms with van der Waals surface area (Å²) < 4.78 is 40.3. The second-order valence-corrected chi connectivity index (χ2v) is 3.75. The van der Waals surface area contributed by atoms with Gasteiger partial charge in [-0.1, -0.05) is 0 Å².